The average Bonchev–Trinajstić information content (AvgIpc) is 2.28. The van der Waals surface area contributed by atoms with Crippen LogP contribution >= 0.6 is 0 Å². The highest BCUT2D eigenvalue weighted by Gasteiger charge is 2.37. The first-order valence-corrected chi connectivity index (χ1v) is 4.63. The van der Waals surface area contributed by atoms with Gasteiger partial charge >= 0.3 is 12.0 Å². The highest BCUT2D eigenvalue weighted by molar-refractivity contribution is 5.58. The molecule has 0 fully saturated rings. The Bertz CT molecular complexity index is 539. The monoisotopic (exact) mass is 277 g/mol. The second kappa shape index (κ2) is 5.38. The molecule has 0 unspecified atom stereocenters. The third kappa shape index (κ3) is 3.44. The van der Waals surface area contributed by atoms with E-state index in [1.165, 1.54) is 0 Å². The van der Waals surface area contributed by atoms with Crippen molar-refractivity contribution in [2.45, 2.75) is 12.8 Å². The molecule has 0 bridgehead atoms. The molecule has 0 radical (unpaired) electrons. The predicted molar refractivity (Wildman–Crippen MR) is 53.4 cm³/mol. The van der Waals surface area contributed by atoms with Crippen molar-refractivity contribution >= 4 is 5.69 Å². The van der Waals surface area contributed by atoms with E-state index in [4.69, 9.17) is 5.26 Å². The van der Waals surface area contributed by atoms with Crippen LogP contribution in [0.2, 0.25) is 0 Å². The lowest BCUT2D eigenvalue weighted by Gasteiger charge is -2.12. The maximum Gasteiger partial charge on any atom is 0.573 e. The Morgan fingerprint density at radius 2 is 2.21 bits per heavy atom. The van der Waals surface area contributed by atoms with Gasteiger partial charge in [-0.25, -0.2) is 0 Å². The summed E-state index contributed by atoms with van der Waals surface area (Å²) < 4.78 is 44.5. The first-order valence-electron chi connectivity index (χ1n) is 4.63. The summed E-state index contributed by atoms with van der Waals surface area (Å²) in [4.78, 5) is 13.2. The Labute approximate surface area is 104 Å². The van der Waals surface area contributed by atoms with Crippen LogP contribution in [0.4, 0.5) is 18.9 Å². The molecule has 0 saturated heterocycles. The Kier molecular flexibility index (Phi) is 4.11. The van der Waals surface area contributed by atoms with Gasteiger partial charge in [-0.1, -0.05) is 0 Å². The maximum absolute atomic E-state index is 12.1. The van der Waals surface area contributed by atoms with E-state index in [9.17, 15) is 23.3 Å². The minimum Gasteiger partial charge on any atom is -0.489 e. The minimum absolute atomic E-state index is 0.147. The molecule has 1 aromatic rings. The lowest BCUT2D eigenvalue weighted by molar-refractivity contribution is -0.389. The molecule has 19 heavy (non-hydrogen) atoms. The zero-order valence-electron chi connectivity index (χ0n) is 9.39. The number of nitrogens with zero attached hydrogens (tertiary/aromatic N) is 3. The highest BCUT2D eigenvalue weighted by atomic mass is 19.4. The van der Waals surface area contributed by atoms with E-state index in [1.807, 2.05) is 0 Å². The molecular formula is C9H6F3N3O4. The van der Waals surface area contributed by atoms with Crippen molar-refractivity contribution in [3.63, 3.8) is 0 Å². The lowest BCUT2D eigenvalue weighted by Crippen LogP contribution is -2.18. The summed E-state index contributed by atoms with van der Waals surface area (Å²) in [5, 5.41) is 19.3. The summed E-state index contributed by atoms with van der Waals surface area (Å²) in [7, 11) is 1.02. The second-order valence-electron chi connectivity index (χ2n) is 3.09. The van der Waals surface area contributed by atoms with Crippen LogP contribution in [0.1, 0.15) is 5.69 Å². The van der Waals surface area contributed by atoms with Crippen LogP contribution in [0, 0.1) is 21.4 Å². The van der Waals surface area contributed by atoms with E-state index in [-0.39, 0.29) is 12.1 Å². The van der Waals surface area contributed by atoms with Crippen LogP contribution in [-0.4, -0.2) is 23.4 Å². The van der Waals surface area contributed by atoms with Gasteiger partial charge in [0.05, 0.1) is 30.7 Å². The van der Waals surface area contributed by atoms with Gasteiger partial charge in [-0.15, -0.1) is 13.2 Å². The smallest absolute Gasteiger partial charge is 0.489 e. The molecule has 10 heteroatoms. The van der Waals surface area contributed by atoms with E-state index in [0.29, 0.717) is 6.20 Å². The summed E-state index contributed by atoms with van der Waals surface area (Å²) in [5.41, 5.74) is -1.17. The molecule has 1 aromatic heterocycles. The van der Waals surface area contributed by atoms with Crippen molar-refractivity contribution in [2.24, 2.45) is 0 Å². The number of halogens is 3. The number of ether oxygens (including phenoxy) is 2. The molecule has 0 atom stereocenters. The number of nitriles is 1. The van der Waals surface area contributed by atoms with Gasteiger partial charge in [0.1, 0.15) is 5.69 Å². The van der Waals surface area contributed by atoms with Crippen molar-refractivity contribution in [1.29, 1.82) is 5.26 Å². The quantitative estimate of drug-likeness (QED) is 0.616. The summed E-state index contributed by atoms with van der Waals surface area (Å²) >= 11 is 0. The van der Waals surface area contributed by atoms with Gasteiger partial charge in [0.25, 0.3) is 0 Å². The van der Waals surface area contributed by atoms with Crippen molar-refractivity contribution in [1.82, 2.24) is 4.98 Å². The van der Waals surface area contributed by atoms with Gasteiger partial charge in [-0.05, 0) is 0 Å². The van der Waals surface area contributed by atoms with Gasteiger partial charge in [0.2, 0.25) is 11.5 Å². The van der Waals surface area contributed by atoms with Crippen LogP contribution < -0.4 is 9.47 Å². The van der Waals surface area contributed by atoms with Crippen molar-refractivity contribution < 1.29 is 27.6 Å². The molecule has 0 aliphatic carbocycles. The molecule has 1 rings (SSSR count). The third-order valence-corrected chi connectivity index (χ3v) is 1.91. The largest absolute Gasteiger partial charge is 0.573 e. The van der Waals surface area contributed by atoms with Gasteiger partial charge in [0, 0.05) is 0 Å². The number of pyridine rings is 1. The van der Waals surface area contributed by atoms with Crippen LogP contribution in [0.25, 0.3) is 0 Å². The molecule has 0 aliphatic heterocycles. The van der Waals surface area contributed by atoms with E-state index in [1.54, 1.807) is 6.07 Å². The zero-order chi connectivity index (χ0) is 14.6. The zero-order valence-corrected chi connectivity index (χ0v) is 9.39. The first-order chi connectivity index (χ1) is 8.80. The SMILES string of the molecule is COc1c(CC#N)ncc(OC(F)(F)F)c1[N+](=O)[O-]. The summed E-state index contributed by atoms with van der Waals surface area (Å²) in [6.07, 6.45) is -4.93. The Morgan fingerprint density at radius 1 is 1.58 bits per heavy atom. The van der Waals surface area contributed by atoms with Crippen LogP contribution in [0.5, 0.6) is 11.5 Å². The minimum atomic E-state index is -5.10. The first kappa shape index (κ1) is 14.5. The molecule has 102 valence electrons. The number of aromatic nitrogens is 1. The number of methoxy groups -OCH3 is 1. The third-order valence-electron chi connectivity index (χ3n) is 1.91. The number of hydrogen-bond donors (Lipinski definition) is 0. The molecule has 7 nitrogen and oxygen atoms in total. The van der Waals surface area contributed by atoms with Crippen molar-refractivity contribution in [3.8, 4) is 17.6 Å². The Balaban J connectivity index is 3.42. The predicted octanol–water partition coefficient (Wildman–Crippen LogP) is 1.96. The van der Waals surface area contributed by atoms with E-state index < -0.39 is 28.5 Å². The highest BCUT2D eigenvalue weighted by Crippen LogP contribution is 2.40. The molecule has 0 spiro atoms. The standard InChI is InChI=1S/C9H6F3N3O4/c1-18-8-5(2-3-13)14-4-6(7(8)15(16)17)19-9(10,11)12/h4H,2H2,1H3. The number of nitro groups is 1. The van der Waals surface area contributed by atoms with Crippen molar-refractivity contribution in [3.05, 3.63) is 22.0 Å². The molecule has 0 N–H and O–H groups in total. The van der Waals surface area contributed by atoms with Crippen LogP contribution in [0.3, 0.4) is 0 Å². The lowest BCUT2D eigenvalue weighted by atomic mass is 10.2. The number of rotatable bonds is 4. The molecular weight excluding hydrogens is 271 g/mol. The van der Waals surface area contributed by atoms with E-state index in [2.05, 4.69) is 14.5 Å². The van der Waals surface area contributed by atoms with E-state index >= 15 is 0 Å². The summed E-state index contributed by atoms with van der Waals surface area (Å²) in [6, 6.07) is 1.66. The molecule has 1 heterocycles. The van der Waals surface area contributed by atoms with E-state index in [0.717, 1.165) is 7.11 Å². The second-order valence-corrected chi connectivity index (χ2v) is 3.09. The van der Waals surface area contributed by atoms with Gasteiger partial charge < -0.3 is 9.47 Å². The summed E-state index contributed by atoms with van der Waals surface area (Å²) in [6.45, 7) is 0. The van der Waals surface area contributed by atoms with Gasteiger partial charge in [-0.2, -0.15) is 5.26 Å². The van der Waals surface area contributed by atoms with Crippen LogP contribution in [-0.2, 0) is 6.42 Å². The number of hydrogen-bond acceptors (Lipinski definition) is 6. The number of alkyl halides is 3. The fourth-order valence-corrected chi connectivity index (χ4v) is 1.29. The van der Waals surface area contributed by atoms with Gasteiger partial charge in [0.15, 0.2) is 0 Å². The van der Waals surface area contributed by atoms with Crippen molar-refractivity contribution in [2.75, 3.05) is 7.11 Å². The fraction of sp³-hybridized carbons (Fsp3) is 0.333. The Hall–Kier alpha value is -2.57. The maximum atomic E-state index is 12.1. The summed E-state index contributed by atoms with van der Waals surface area (Å²) in [5.74, 6) is -1.63. The molecule has 0 amide bonds. The topological polar surface area (TPSA) is 98.3 Å². The van der Waals surface area contributed by atoms with Gasteiger partial charge in [-0.3, -0.25) is 15.1 Å². The average molecular weight is 277 g/mol. The van der Waals surface area contributed by atoms with Crippen LogP contribution in [0.15, 0.2) is 6.20 Å². The molecule has 0 aliphatic rings. The molecule has 0 aromatic carbocycles. The molecule has 0 saturated carbocycles. The fourth-order valence-electron chi connectivity index (χ4n) is 1.29. The normalized spacial score (nSPS) is 10.7. The Morgan fingerprint density at radius 3 is 2.63 bits per heavy atom.